The van der Waals surface area contributed by atoms with Crippen molar-refractivity contribution in [2.24, 2.45) is 5.84 Å². The predicted octanol–water partition coefficient (Wildman–Crippen LogP) is 0.636. The SMILES string of the molecule is CCOc1ccc(S(=O)(=O)NN)cc1OCC. The van der Waals surface area contributed by atoms with Gasteiger partial charge in [0.15, 0.2) is 11.5 Å². The van der Waals surface area contributed by atoms with E-state index >= 15 is 0 Å². The van der Waals surface area contributed by atoms with Crippen LogP contribution in [0.25, 0.3) is 0 Å². The fourth-order valence-corrected chi connectivity index (χ4v) is 1.91. The number of hydrazine groups is 1. The van der Waals surface area contributed by atoms with Crippen molar-refractivity contribution >= 4 is 10.0 Å². The maximum Gasteiger partial charge on any atom is 0.253 e. The zero-order valence-electron chi connectivity index (χ0n) is 9.76. The summed E-state index contributed by atoms with van der Waals surface area (Å²) >= 11 is 0. The quantitative estimate of drug-likeness (QED) is 0.578. The topological polar surface area (TPSA) is 90.7 Å². The van der Waals surface area contributed by atoms with E-state index in [4.69, 9.17) is 15.3 Å². The van der Waals surface area contributed by atoms with Crippen molar-refractivity contribution in [3.63, 3.8) is 0 Å². The standard InChI is InChI=1S/C10H16N2O4S/c1-3-15-9-6-5-8(17(13,14)12-11)7-10(9)16-4-2/h5-7,12H,3-4,11H2,1-2H3. The predicted molar refractivity (Wildman–Crippen MR) is 63.3 cm³/mol. The van der Waals surface area contributed by atoms with Crippen molar-refractivity contribution in [1.82, 2.24) is 4.83 Å². The molecular weight excluding hydrogens is 244 g/mol. The van der Waals surface area contributed by atoms with Crippen molar-refractivity contribution < 1.29 is 17.9 Å². The highest BCUT2D eigenvalue weighted by Gasteiger charge is 2.15. The number of rotatable bonds is 6. The van der Waals surface area contributed by atoms with Gasteiger partial charge in [0, 0.05) is 6.07 Å². The van der Waals surface area contributed by atoms with Gasteiger partial charge in [-0.15, -0.1) is 0 Å². The van der Waals surface area contributed by atoms with Gasteiger partial charge in [-0.25, -0.2) is 8.42 Å². The summed E-state index contributed by atoms with van der Waals surface area (Å²) in [7, 11) is -3.68. The van der Waals surface area contributed by atoms with E-state index in [0.29, 0.717) is 24.7 Å². The molecule has 3 N–H and O–H groups in total. The van der Waals surface area contributed by atoms with E-state index in [1.165, 1.54) is 12.1 Å². The van der Waals surface area contributed by atoms with E-state index in [1.807, 2.05) is 6.92 Å². The average Bonchev–Trinajstić information content (AvgIpc) is 2.32. The molecule has 0 radical (unpaired) electrons. The lowest BCUT2D eigenvalue weighted by molar-refractivity contribution is 0.287. The third kappa shape index (κ3) is 3.32. The van der Waals surface area contributed by atoms with Gasteiger partial charge in [0.25, 0.3) is 10.0 Å². The van der Waals surface area contributed by atoms with Crippen LogP contribution in [-0.4, -0.2) is 21.6 Å². The largest absolute Gasteiger partial charge is 0.490 e. The van der Waals surface area contributed by atoms with E-state index in [2.05, 4.69) is 0 Å². The third-order valence-corrected chi connectivity index (χ3v) is 3.17. The van der Waals surface area contributed by atoms with Gasteiger partial charge in [-0.1, -0.05) is 0 Å². The first-order valence-electron chi connectivity index (χ1n) is 5.17. The average molecular weight is 260 g/mol. The van der Waals surface area contributed by atoms with E-state index < -0.39 is 10.0 Å². The lowest BCUT2D eigenvalue weighted by Gasteiger charge is -2.12. The summed E-state index contributed by atoms with van der Waals surface area (Å²) in [5.41, 5.74) is 0. The van der Waals surface area contributed by atoms with Crippen LogP contribution in [0.15, 0.2) is 23.1 Å². The molecule has 0 heterocycles. The molecule has 0 aliphatic carbocycles. The van der Waals surface area contributed by atoms with Crippen molar-refractivity contribution in [3.05, 3.63) is 18.2 Å². The van der Waals surface area contributed by atoms with E-state index in [9.17, 15) is 8.42 Å². The Balaban J connectivity index is 3.18. The van der Waals surface area contributed by atoms with Gasteiger partial charge in [-0.2, -0.15) is 4.83 Å². The highest BCUT2D eigenvalue weighted by Crippen LogP contribution is 2.29. The summed E-state index contributed by atoms with van der Waals surface area (Å²) in [5, 5.41) is 0. The zero-order chi connectivity index (χ0) is 12.9. The van der Waals surface area contributed by atoms with Crippen LogP contribution in [0.3, 0.4) is 0 Å². The number of hydrogen-bond donors (Lipinski definition) is 2. The second-order valence-electron chi connectivity index (χ2n) is 3.10. The molecule has 0 saturated carbocycles. The summed E-state index contributed by atoms with van der Waals surface area (Å²) in [4.78, 5) is 1.79. The monoisotopic (exact) mass is 260 g/mol. The molecule has 0 aliphatic heterocycles. The van der Waals surface area contributed by atoms with Gasteiger partial charge in [0.2, 0.25) is 0 Å². The van der Waals surface area contributed by atoms with Gasteiger partial charge >= 0.3 is 0 Å². The maximum atomic E-state index is 11.5. The minimum Gasteiger partial charge on any atom is -0.490 e. The smallest absolute Gasteiger partial charge is 0.253 e. The summed E-state index contributed by atoms with van der Waals surface area (Å²) in [5.74, 6) is 5.83. The second kappa shape index (κ2) is 5.85. The molecule has 0 atom stereocenters. The summed E-state index contributed by atoms with van der Waals surface area (Å²) in [6.07, 6.45) is 0. The molecule has 6 nitrogen and oxygen atoms in total. The first-order chi connectivity index (χ1) is 8.05. The first kappa shape index (κ1) is 13.8. The molecule has 0 aliphatic rings. The molecule has 0 amide bonds. The molecule has 17 heavy (non-hydrogen) atoms. The van der Waals surface area contributed by atoms with E-state index in [1.54, 1.807) is 17.8 Å². The Morgan fingerprint density at radius 2 is 1.76 bits per heavy atom. The molecule has 1 aromatic carbocycles. The van der Waals surface area contributed by atoms with E-state index in [-0.39, 0.29) is 4.90 Å². The summed E-state index contributed by atoms with van der Waals surface area (Å²) in [6.45, 7) is 4.53. The van der Waals surface area contributed by atoms with Crippen molar-refractivity contribution in [2.75, 3.05) is 13.2 Å². The second-order valence-corrected chi connectivity index (χ2v) is 4.81. The Morgan fingerprint density at radius 1 is 1.18 bits per heavy atom. The van der Waals surface area contributed by atoms with Crippen LogP contribution in [0, 0.1) is 0 Å². The highest BCUT2D eigenvalue weighted by molar-refractivity contribution is 7.89. The summed E-state index contributed by atoms with van der Waals surface area (Å²) in [6, 6.07) is 4.32. The van der Waals surface area contributed by atoms with Crippen LogP contribution >= 0.6 is 0 Å². The van der Waals surface area contributed by atoms with Crippen LogP contribution in [0.4, 0.5) is 0 Å². The number of ether oxygens (including phenoxy) is 2. The van der Waals surface area contributed by atoms with Crippen LogP contribution in [0.1, 0.15) is 13.8 Å². The Hall–Kier alpha value is -1.31. The lowest BCUT2D eigenvalue weighted by atomic mass is 10.3. The minimum atomic E-state index is -3.68. The Bertz CT molecular complexity index is 473. The number of benzene rings is 1. The van der Waals surface area contributed by atoms with Crippen molar-refractivity contribution in [3.8, 4) is 11.5 Å². The van der Waals surface area contributed by atoms with Gasteiger partial charge in [0.1, 0.15) is 0 Å². The van der Waals surface area contributed by atoms with Gasteiger partial charge < -0.3 is 9.47 Å². The van der Waals surface area contributed by atoms with Gasteiger partial charge in [-0.05, 0) is 26.0 Å². The molecule has 0 saturated heterocycles. The molecule has 0 aromatic heterocycles. The number of hydrogen-bond acceptors (Lipinski definition) is 5. The Kier molecular flexibility index (Phi) is 4.73. The molecule has 7 heteroatoms. The van der Waals surface area contributed by atoms with E-state index in [0.717, 1.165) is 0 Å². The molecule has 0 fully saturated rings. The van der Waals surface area contributed by atoms with Crippen LogP contribution < -0.4 is 20.1 Å². The fourth-order valence-electron chi connectivity index (χ4n) is 1.27. The molecule has 0 unspecified atom stereocenters. The van der Waals surface area contributed by atoms with Gasteiger partial charge in [-0.3, -0.25) is 5.84 Å². The highest BCUT2D eigenvalue weighted by atomic mass is 32.2. The Labute approximate surface area is 101 Å². The molecule has 0 bridgehead atoms. The molecule has 1 aromatic rings. The zero-order valence-corrected chi connectivity index (χ0v) is 10.6. The minimum absolute atomic E-state index is 0.0342. The van der Waals surface area contributed by atoms with Crippen LogP contribution in [0.2, 0.25) is 0 Å². The Morgan fingerprint density at radius 3 is 2.29 bits per heavy atom. The normalized spacial score (nSPS) is 11.2. The molecular formula is C10H16N2O4S. The number of nitrogens with two attached hydrogens (primary N) is 1. The number of sulfonamides is 1. The van der Waals surface area contributed by atoms with Crippen LogP contribution in [0.5, 0.6) is 11.5 Å². The van der Waals surface area contributed by atoms with Gasteiger partial charge in [0.05, 0.1) is 18.1 Å². The lowest BCUT2D eigenvalue weighted by Crippen LogP contribution is -2.30. The van der Waals surface area contributed by atoms with Crippen molar-refractivity contribution in [1.29, 1.82) is 0 Å². The number of nitrogens with one attached hydrogen (secondary N) is 1. The molecule has 1 rings (SSSR count). The third-order valence-electron chi connectivity index (χ3n) is 1.98. The maximum absolute atomic E-state index is 11.5. The molecule has 96 valence electrons. The first-order valence-corrected chi connectivity index (χ1v) is 6.65. The fraction of sp³-hybridized carbons (Fsp3) is 0.400. The molecule has 0 spiro atoms. The summed E-state index contributed by atoms with van der Waals surface area (Å²) < 4.78 is 33.6. The van der Waals surface area contributed by atoms with Crippen molar-refractivity contribution in [2.45, 2.75) is 18.7 Å². The van der Waals surface area contributed by atoms with Crippen LogP contribution in [-0.2, 0) is 10.0 Å².